The van der Waals surface area contributed by atoms with Gasteiger partial charge in [-0.15, -0.1) is 12.3 Å². The minimum atomic E-state index is 0.494. The lowest BCUT2D eigenvalue weighted by atomic mass is 9.93. The minimum absolute atomic E-state index is 0.494. The van der Waals surface area contributed by atoms with Crippen molar-refractivity contribution in [3.8, 4) is 12.3 Å². The molecule has 2 rings (SSSR count). The van der Waals surface area contributed by atoms with Crippen LogP contribution in [0.25, 0.3) is 0 Å². The Hall–Kier alpha value is -1.20. The van der Waals surface area contributed by atoms with Crippen LogP contribution in [0.5, 0.6) is 0 Å². The van der Waals surface area contributed by atoms with Gasteiger partial charge in [-0.25, -0.2) is 0 Å². The van der Waals surface area contributed by atoms with Gasteiger partial charge in [0.2, 0.25) is 0 Å². The van der Waals surface area contributed by atoms with Gasteiger partial charge in [0.1, 0.15) is 5.76 Å². The molecule has 0 fully saturated rings. The van der Waals surface area contributed by atoms with Crippen molar-refractivity contribution >= 4 is 0 Å². The Balaban J connectivity index is 1.77. The van der Waals surface area contributed by atoms with Crippen LogP contribution in [0.15, 0.2) is 16.7 Å². The molecule has 0 aromatic carbocycles. The third-order valence-corrected chi connectivity index (χ3v) is 3.19. The highest BCUT2D eigenvalue weighted by atomic mass is 16.3. The molecule has 2 heteroatoms. The summed E-state index contributed by atoms with van der Waals surface area (Å²) in [5, 5.41) is 3.59. The van der Waals surface area contributed by atoms with Gasteiger partial charge in [0.25, 0.3) is 0 Å². The third-order valence-electron chi connectivity index (χ3n) is 3.19. The highest BCUT2D eigenvalue weighted by Crippen LogP contribution is 2.30. The van der Waals surface area contributed by atoms with E-state index in [-0.39, 0.29) is 0 Å². The Kier molecular flexibility index (Phi) is 4.07. The van der Waals surface area contributed by atoms with Gasteiger partial charge in [0.15, 0.2) is 0 Å². The largest absolute Gasteiger partial charge is 0.469 e. The maximum Gasteiger partial charge on any atom is 0.108 e. The molecule has 2 nitrogen and oxygen atoms in total. The molecular formula is C14H19NO. The third kappa shape index (κ3) is 2.68. The van der Waals surface area contributed by atoms with E-state index in [1.807, 2.05) is 6.26 Å². The highest BCUT2D eigenvalue weighted by Gasteiger charge is 2.21. The summed E-state index contributed by atoms with van der Waals surface area (Å²) in [6.45, 7) is 1.05. The van der Waals surface area contributed by atoms with E-state index in [9.17, 15) is 0 Å². The predicted octanol–water partition coefficient (Wildman–Crippen LogP) is 3.05. The smallest absolute Gasteiger partial charge is 0.108 e. The zero-order chi connectivity index (χ0) is 11.2. The van der Waals surface area contributed by atoms with Crippen molar-refractivity contribution < 1.29 is 4.42 Å². The Morgan fingerprint density at radius 2 is 2.44 bits per heavy atom. The van der Waals surface area contributed by atoms with Crippen LogP contribution in [0, 0.1) is 12.3 Å². The fraction of sp³-hybridized carbons (Fsp3) is 0.571. The summed E-state index contributed by atoms with van der Waals surface area (Å²) in [6.07, 6.45) is 13.7. The molecule has 1 atom stereocenters. The summed E-state index contributed by atoms with van der Waals surface area (Å²) >= 11 is 0. The van der Waals surface area contributed by atoms with Crippen molar-refractivity contribution in [2.24, 2.45) is 0 Å². The van der Waals surface area contributed by atoms with Gasteiger partial charge in [-0.1, -0.05) is 0 Å². The maximum atomic E-state index is 5.46. The number of aryl methyl sites for hydroxylation is 1. The van der Waals surface area contributed by atoms with Crippen molar-refractivity contribution in [1.29, 1.82) is 0 Å². The van der Waals surface area contributed by atoms with Crippen LogP contribution >= 0.6 is 0 Å². The average Bonchev–Trinajstić information content (AvgIpc) is 2.77. The number of furan rings is 1. The fourth-order valence-electron chi connectivity index (χ4n) is 2.33. The van der Waals surface area contributed by atoms with E-state index in [2.05, 4.69) is 17.3 Å². The monoisotopic (exact) mass is 217 g/mol. The Morgan fingerprint density at radius 3 is 3.31 bits per heavy atom. The summed E-state index contributed by atoms with van der Waals surface area (Å²) in [7, 11) is 0. The SMILES string of the molecule is C#CCCCCNC1CCCc2occc21. The van der Waals surface area contributed by atoms with Crippen molar-refractivity contribution in [1.82, 2.24) is 5.32 Å². The van der Waals surface area contributed by atoms with Crippen molar-refractivity contribution in [3.05, 3.63) is 23.7 Å². The van der Waals surface area contributed by atoms with Gasteiger partial charge in [-0.3, -0.25) is 0 Å². The first-order valence-electron chi connectivity index (χ1n) is 6.15. The second-order valence-corrected chi connectivity index (χ2v) is 4.36. The molecule has 0 amide bonds. The Morgan fingerprint density at radius 1 is 1.50 bits per heavy atom. The zero-order valence-electron chi connectivity index (χ0n) is 9.67. The summed E-state index contributed by atoms with van der Waals surface area (Å²) in [4.78, 5) is 0. The van der Waals surface area contributed by atoms with Gasteiger partial charge in [-0.2, -0.15) is 0 Å². The Bertz CT molecular complexity index is 361. The number of fused-ring (bicyclic) bond motifs is 1. The summed E-state index contributed by atoms with van der Waals surface area (Å²) < 4.78 is 5.46. The molecule has 0 spiro atoms. The molecule has 0 radical (unpaired) electrons. The van der Waals surface area contributed by atoms with E-state index in [0.717, 1.165) is 32.2 Å². The lowest BCUT2D eigenvalue weighted by Gasteiger charge is -2.22. The lowest BCUT2D eigenvalue weighted by Crippen LogP contribution is -2.25. The van der Waals surface area contributed by atoms with Crippen LogP contribution in [0.2, 0.25) is 0 Å². The number of hydrogen-bond donors (Lipinski definition) is 1. The molecule has 0 aliphatic heterocycles. The summed E-state index contributed by atoms with van der Waals surface area (Å²) in [6, 6.07) is 2.60. The van der Waals surface area contributed by atoms with Crippen LogP contribution in [0.4, 0.5) is 0 Å². The van der Waals surface area contributed by atoms with Gasteiger partial charge < -0.3 is 9.73 Å². The van der Waals surface area contributed by atoms with Crippen LogP contribution in [-0.4, -0.2) is 6.54 Å². The van der Waals surface area contributed by atoms with Crippen LogP contribution in [0.3, 0.4) is 0 Å². The number of hydrogen-bond acceptors (Lipinski definition) is 2. The second-order valence-electron chi connectivity index (χ2n) is 4.36. The molecule has 16 heavy (non-hydrogen) atoms. The molecule has 1 heterocycles. The van der Waals surface area contributed by atoms with Crippen LogP contribution in [-0.2, 0) is 6.42 Å². The standard InChI is InChI=1S/C14H19NO/c1-2-3-4-5-10-15-13-7-6-8-14-12(13)9-11-16-14/h1,9,11,13,15H,3-8,10H2. The van der Waals surface area contributed by atoms with Gasteiger partial charge in [0.05, 0.1) is 6.26 Å². The van der Waals surface area contributed by atoms with E-state index >= 15 is 0 Å². The molecule has 1 aromatic heterocycles. The van der Waals surface area contributed by atoms with Gasteiger partial charge >= 0.3 is 0 Å². The summed E-state index contributed by atoms with van der Waals surface area (Å²) in [5.74, 6) is 3.85. The van der Waals surface area contributed by atoms with Crippen LogP contribution in [0.1, 0.15) is 49.5 Å². The van der Waals surface area contributed by atoms with E-state index in [4.69, 9.17) is 10.8 Å². The van der Waals surface area contributed by atoms with Gasteiger partial charge in [0, 0.05) is 24.4 Å². The molecular weight excluding hydrogens is 198 g/mol. The first-order chi connectivity index (χ1) is 7.92. The number of nitrogens with one attached hydrogen (secondary N) is 1. The van der Waals surface area contributed by atoms with Crippen molar-refractivity contribution in [3.63, 3.8) is 0 Å². The van der Waals surface area contributed by atoms with E-state index in [0.29, 0.717) is 6.04 Å². The number of terminal acetylenes is 1. The lowest BCUT2D eigenvalue weighted by molar-refractivity contribution is 0.409. The number of rotatable bonds is 5. The molecule has 86 valence electrons. The van der Waals surface area contributed by atoms with Crippen molar-refractivity contribution in [2.45, 2.75) is 44.6 Å². The quantitative estimate of drug-likeness (QED) is 0.605. The minimum Gasteiger partial charge on any atom is -0.469 e. The van der Waals surface area contributed by atoms with E-state index in [1.54, 1.807) is 0 Å². The molecule has 1 aliphatic rings. The van der Waals surface area contributed by atoms with Crippen LogP contribution < -0.4 is 5.32 Å². The molecule has 0 saturated heterocycles. The molecule has 1 unspecified atom stereocenters. The second kappa shape index (κ2) is 5.77. The fourth-order valence-corrected chi connectivity index (χ4v) is 2.33. The summed E-state index contributed by atoms with van der Waals surface area (Å²) in [5.41, 5.74) is 1.36. The predicted molar refractivity (Wildman–Crippen MR) is 65.1 cm³/mol. The molecule has 0 saturated carbocycles. The first kappa shape index (κ1) is 11.3. The maximum absolute atomic E-state index is 5.46. The normalized spacial score (nSPS) is 19.1. The van der Waals surface area contributed by atoms with E-state index in [1.165, 1.54) is 24.2 Å². The zero-order valence-corrected chi connectivity index (χ0v) is 9.67. The van der Waals surface area contributed by atoms with Gasteiger partial charge in [-0.05, 0) is 38.3 Å². The topological polar surface area (TPSA) is 25.2 Å². The van der Waals surface area contributed by atoms with E-state index < -0.39 is 0 Å². The number of unbranched alkanes of at least 4 members (excludes halogenated alkanes) is 2. The average molecular weight is 217 g/mol. The Labute approximate surface area is 97.4 Å². The van der Waals surface area contributed by atoms with Crippen molar-refractivity contribution in [2.75, 3.05) is 6.54 Å². The molecule has 0 bridgehead atoms. The molecule has 1 aromatic rings. The highest BCUT2D eigenvalue weighted by molar-refractivity contribution is 5.23. The molecule has 1 aliphatic carbocycles. The molecule has 1 N–H and O–H groups in total. The first-order valence-corrected chi connectivity index (χ1v) is 6.15.